The first-order valence-corrected chi connectivity index (χ1v) is 9.83. The molecule has 7 nitrogen and oxygen atoms in total. The van der Waals surface area contributed by atoms with Gasteiger partial charge in [-0.05, 0) is 31.2 Å². The van der Waals surface area contributed by atoms with Crippen LogP contribution < -0.4 is 4.74 Å². The van der Waals surface area contributed by atoms with Crippen LogP contribution in [0.2, 0.25) is 0 Å². The Hall–Kier alpha value is -3.17. The molecule has 4 rings (SSSR count). The third-order valence-corrected chi connectivity index (χ3v) is 4.96. The highest BCUT2D eigenvalue weighted by atomic mass is 19.3. The zero-order valence-electron chi connectivity index (χ0n) is 17.3. The van der Waals surface area contributed by atoms with Crippen molar-refractivity contribution in [2.24, 2.45) is 0 Å². The topological polar surface area (TPSA) is 72.6 Å². The van der Waals surface area contributed by atoms with Crippen molar-refractivity contribution < 1.29 is 22.7 Å². The van der Waals surface area contributed by atoms with Gasteiger partial charge in [-0.15, -0.1) is 0 Å². The number of hydrogen-bond acceptors (Lipinski definition) is 5. The fraction of sp³-hybridized carbons (Fsp3) is 0.429. The molecule has 1 saturated heterocycles. The Morgan fingerprint density at radius 3 is 2.81 bits per heavy atom. The molecule has 1 aromatic carbocycles. The maximum atomic E-state index is 14.7. The molecule has 1 aliphatic rings. The van der Waals surface area contributed by atoms with E-state index < -0.39 is 36.6 Å². The minimum absolute atomic E-state index is 0.0759. The third kappa shape index (κ3) is 4.62. The van der Waals surface area contributed by atoms with Gasteiger partial charge in [0.15, 0.2) is 0 Å². The second-order valence-electron chi connectivity index (χ2n) is 8.23. The first kappa shape index (κ1) is 21.1. The van der Waals surface area contributed by atoms with Crippen molar-refractivity contribution in [2.75, 3.05) is 13.1 Å². The number of benzene rings is 1. The second kappa shape index (κ2) is 7.51. The smallest absolute Gasteiger partial charge is 0.266 e. The van der Waals surface area contributed by atoms with Crippen LogP contribution in [0.3, 0.4) is 0 Å². The Morgan fingerprint density at radius 2 is 2.06 bits per heavy atom. The monoisotopic (exact) mass is 433 g/mol. The highest BCUT2D eigenvalue weighted by Gasteiger charge is 2.43. The molecule has 0 aliphatic carbocycles. The number of amides is 1. The van der Waals surface area contributed by atoms with Crippen molar-refractivity contribution in [3.8, 4) is 5.75 Å². The summed E-state index contributed by atoms with van der Waals surface area (Å²) in [6.45, 7) is 3.59. The summed E-state index contributed by atoms with van der Waals surface area (Å²) in [5, 5.41) is 4.10. The molecule has 1 fully saturated rings. The highest BCUT2D eigenvalue weighted by molar-refractivity contribution is 5.94. The van der Waals surface area contributed by atoms with E-state index in [1.165, 1.54) is 49.0 Å². The summed E-state index contributed by atoms with van der Waals surface area (Å²) >= 11 is 0. The Bertz CT molecular complexity index is 1130. The Balaban J connectivity index is 1.64. The summed E-state index contributed by atoms with van der Waals surface area (Å²) in [4.78, 5) is 22.5. The second-order valence-corrected chi connectivity index (χ2v) is 8.23. The first-order chi connectivity index (χ1) is 14.5. The molecule has 164 valence electrons. The fourth-order valence-corrected chi connectivity index (χ4v) is 3.86. The van der Waals surface area contributed by atoms with Crippen LogP contribution in [-0.2, 0) is 0 Å². The molecule has 1 aliphatic heterocycles. The lowest BCUT2D eigenvalue weighted by Gasteiger charge is -2.37. The average molecular weight is 433 g/mol. The zero-order valence-corrected chi connectivity index (χ0v) is 17.3. The van der Waals surface area contributed by atoms with E-state index in [2.05, 4.69) is 15.1 Å². The molecule has 0 saturated carbocycles. The van der Waals surface area contributed by atoms with Gasteiger partial charge >= 0.3 is 0 Å². The van der Waals surface area contributed by atoms with Crippen molar-refractivity contribution in [3.05, 3.63) is 53.6 Å². The number of nitrogens with zero attached hydrogens (tertiary/aromatic N) is 5. The van der Waals surface area contributed by atoms with Crippen LogP contribution in [0.25, 0.3) is 5.78 Å². The Labute approximate surface area is 176 Å². The predicted octanol–water partition coefficient (Wildman–Crippen LogP) is 3.78. The zero-order chi connectivity index (χ0) is 22.4. The van der Waals surface area contributed by atoms with E-state index in [4.69, 9.17) is 4.74 Å². The molecular weight excluding hydrogens is 411 g/mol. The number of aromatic nitrogens is 4. The van der Waals surface area contributed by atoms with Crippen LogP contribution in [0.15, 0.2) is 36.7 Å². The number of fused-ring (bicyclic) bond motifs is 1. The number of hydrogen-bond donors (Lipinski definition) is 0. The number of carbonyl (C=O) groups excluding carboxylic acids is 1. The third-order valence-electron chi connectivity index (χ3n) is 4.96. The van der Waals surface area contributed by atoms with Crippen LogP contribution in [-0.4, -0.2) is 55.3 Å². The van der Waals surface area contributed by atoms with Gasteiger partial charge in [-0.3, -0.25) is 4.79 Å². The molecule has 3 heterocycles. The SMILES string of the molecule is Cc1cc(C2CN(C(=O)c3cccc(OC(C)(C)F)c3)CC(F)(F)C2)n2ncnc2n1. The van der Waals surface area contributed by atoms with Crippen LogP contribution >= 0.6 is 0 Å². The molecule has 0 spiro atoms. The summed E-state index contributed by atoms with van der Waals surface area (Å²) in [7, 11) is 0. The number of likely N-dealkylation sites (tertiary alicyclic amines) is 1. The maximum Gasteiger partial charge on any atom is 0.266 e. The molecule has 1 unspecified atom stereocenters. The number of alkyl halides is 3. The number of ether oxygens (including phenoxy) is 1. The van der Waals surface area contributed by atoms with E-state index in [9.17, 15) is 18.0 Å². The summed E-state index contributed by atoms with van der Waals surface area (Å²) in [6, 6.07) is 7.58. The lowest BCUT2D eigenvalue weighted by molar-refractivity contribution is -0.0641. The van der Waals surface area contributed by atoms with Crippen molar-refractivity contribution in [1.29, 1.82) is 0 Å². The lowest BCUT2D eigenvalue weighted by Crippen LogP contribution is -2.49. The summed E-state index contributed by atoms with van der Waals surface area (Å²) in [5.41, 5.74) is 1.30. The number of piperidine rings is 1. The van der Waals surface area contributed by atoms with E-state index in [0.717, 1.165) is 4.90 Å². The molecule has 2 aromatic heterocycles. The predicted molar refractivity (Wildman–Crippen MR) is 106 cm³/mol. The van der Waals surface area contributed by atoms with Crippen LogP contribution in [0.5, 0.6) is 5.75 Å². The summed E-state index contributed by atoms with van der Waals surface area (Å²) in [5.74, 6) is -5.80. The number of rotatable bonds is 4. The molecule has 31 heavy (non-hydrogen) atoms. The largest absolute Gasteiger partial charge is 0.459 e. The molecule has 0 N–H and O–H groups in total. The standard InChI is InChI=1S/C21H22F3N5O2/c1-13-7-17(29-19(27-13)25-12-26-29)15-9-21(23,24)11-28(10-15)18(30)14-5-4-6-16(8-14)31-20(2,3)22/h4-8,12,15H,9-11H2,1-3H3. The highest BCUT2D eigenvalue weighted by Crippen LogP contribution is 2.37. The van der Waals surface area contributed by atoms with Gasteiger partial charge in [-0.25, -0.2) is 18.3 Å². The van der Waals surface area contributed by atoms with Gasteiger partial charge < -0.3 is 9.64 Å². The van der Waals surface area contributed by atoms with Gasteiger partial charge in [-0.1, -0.05) is 6.07 Å². The first-order valence-electron chi connectivity index (χ1n) is 9.83. The quantitative estimate of drug-likeness (QED) is 0.626. The van der Waals surface area contributed by atoms with Crippen molar-refractivity contribution in [2.45, 2.75) is 44.9 Å². The van der Waals surface area contributed by atoms with Crippen molar-refractivity contribution >= 4 is 11.7 Å². The molecule has 0 bridgehead atoms. The van der Waals surface area contributed by atoms with Gasteiger partial charge in [0.1, 0.15) is 12.1 Å². The van der Waals surface area contributed by atoms with Crippen LogP contribution in [0, 0.1) is 6.92 Å². The minimum atomic E-state index is -3.09. The van der Waals surface area contributed by atoms with Gasteiger partial charge in [0.2, 0.25) is 5.85 Å². The minimum Gasteiger partial charge on any atom is -0.459 e. The molecule has 10 heteroatoms. The average Bonchev–Trinajstić information content (AvgIpc) is 3.12. The molecule has 1 amide bonds. The van der Waals surface area contributed by atoms with E-state index in [1.54, 1.807) is 13.0 Å². The normalized spacial score (nSPS) is 18.9. The number of aryl methyl sites for hydroxylation is 1. The van der Waals surface area contributed by atoms with Gasteiger partial charge in [0.25, 0.3) is 17.6 Å². The fourth-order valence-electron chi connectivity index (χ4n) is 3.86. The summed E-state index contributed by atoms with van der Waals surface area (Å²) < 4.78 is 49.7. The van der Waals surface area contributed by atoms with Crippen molar-refractivity contribution in [1.82, 2.24) is 24.5 Å². The van der Waals surface area contributed by atoms with Crippen LogP contribution in [0.4, 0.5) is 13.2 Å². The van der Waals surface area contributed by atoms with Gasteiger partial charge in [-0.2, -0.15) is 14.5 Å². The van der Waals surface area contributed by atoms with E-state index in [0.29, 0.717) is 17.2 Å². The van der Waals surface area contributed by atoms with E-state index in [-0.39, 0.29) is 17.9 Å². The van der Waals surface area contributed by atoms with Crippen molar-refractivity contribution in [3.63, 3.8) is 0 Å². The van der Waals surface area contributed by atoms with Gasteiger partial charge in [0.05, 0.1) is 12.2 Å². The molecule has 3 aromatic rings. The summed E-state index contributed by atoms with van der Waals surface area (Å²) in [6.07, 6.45) is 0.890. The van der Waals surface area contributed by atoms with Gasteiger partial charge in [0, 0.05) is 44.0 Å². The Kier molecular flexibility index (Phi) is 5.10. The molecule has 1 atom stereocenters. The molecular formula is C21H22F3N5O2. The van der Waals surface area contributed by atoms with Crippen LogP contribution in [0.1, 0.15) is 47.9 Å². The Morgan fingerprint density at radius 1 is 1.29 bits per heavy atom. The van der Waals surface area contributed by atoms with E-state index >= 15 is 0 Å². The number of halogens is 3. The number of carbonyl (C=O) groups is 1. The lowest BCUT2D eigenvalue weighted by atomic mass is 9.91. The van der Waals surface area contributed by atoms with E-state index in [1.807, 2.05) is 0 Å². The molecule has 0 radical (unpaired) electrons. The maximum absolute atomic E-state index is 14.7.